The van der Waals surface area contributed by atoms with E-state index in [1.807, 2.05) is 13.8 Å². The van der Waals surface area contributed by atoms with Gasteiger partial charge in [-0.1, -0.05) is 0 Å². The Labute approximate surface area is 56.6 Å². The second-order valence-corrected chi connectivity index (χ2v) is 3.08. The highest BCUT2D eigenvalue weighted by Crippen LogP contribution is 2.00. The lowest BCUT2D eigenvalue weighted by molar-refractivity contribution is 0.0904. The summed E-state index contributed by atoms with van der Waals surface area (Å²) in [4.78, 5) is 4.06. The predicted octanol–water partition coefficient (Wildman–Crippen LogP) is 1.24. The molecule has 0 aliphatic heterocycles. The Hall–Kier alpha value is -0.370. The van der Waals surface area contributed by atoms with Gasteiger partial charge in [-0.2, -0.15) is 0 Å². The molecule has 0 atom stereocenters. The van der Waals surface area contributed by atoms with Crippen LogP contribution in [0.3, 0.4) is 0 Å². The van der Waals surface area contributed by atoms with Gasteiger partial charge in [0.2, 0.25) is 0 Å². The molecule has 0 saturated carbocycles. The van der Waals surface area contributed by atoms with Gasteiger partial charge in [0.15, 0.2) is 0 Å². The van der Waals surface area contributed by atoms with Gasteiger partial charge in [0.05, 0.1) is 12.1 Å². The van der Waals surface area contributed by atoms with E-state index in [1.54, 1.807) is 13.8 Å². The van der Waals surface area contributed by atoms with Crippen molar-refractivity contribution in [2.45, 2.75) is 33.3 Å². The molecule has 0 aromatic carbocycles. The third-order valence-corrected chi connectivity index (χ3v) is 0.782. The van der Waals surface area contributed by atoms with E-state index in [2.05, 4.69) is 4.99 Å². The third-order valence-electron chi connectivity index (χ3n) is 0.782. The van der Waals surface area contributed by atoms with Crippen LogP contribution >= 0.6 is 0 Å². The quantitative estimate of drug-likeness (QED) is 0.559. The first-order valence-corrected chi connectivity index (χ1v) is 3.12. The summed E-state index contributed by atoms with van der Waals surface area (Å²) in [6.07, 6.45) is 0. The van der Waals surface area contributed by atoms with Gasteiger partial charge in [-0.05, 0) is 27.7 Å². The number of nitrogens with zero attached hydrogens (tertiary/aromatic N) is 1. The normalized spacial score (nSPS) is 11.2. The Bertz CT molecular complexity index is 107. The zero-order chi connectivity index (χ0) is 7.49. The fourth-order valence-electron chi connectivity index (χ4n) is 0.352. The summed E-state index contributed by atoms with van der Waals surface area (Å²) in [5.41, 5.74) is 0.356. The maximum absolute atomic E-state index is 9.16. The van der Waals surface area contributed by atoms with Crippen LogP contribution in [0.5, 0.6) is 0 Å². The molecule has 0 radical (unpaired) electrons. The van der Waals surface area contributed by atoms with Crippen LogP contribution in [0, 0.1) is 0 Å². The zero-order valence-corrected chi connectivity index (χ0v) is 6.60. The average Bonchev–Trinajstić information content (AvgIpc) is 1.59. The molecule has 0 amide bonds. The Morgan fingerprint density at radius 2 is 1.89 bits per heavy atom. The molecular weight excluding hydrogens is 114 g/mol. The second-order valence-electron chi connectivity index (χ2n) is 3.08. The van der Waals surface area contributed by atoms with Crippen molar-refractivity contribution in [2.24, 2.45) is 4.99 Å². The van der Waals surface area contributed by atoms with Crippen molar-refractivity contribution in [1.29, 1.82) is 0 Å². The molecule has 0 aliphatic rings. The summed E-state index contributed by atoms with van der Waals surface area (Å²) >= 11 is 0. The molecule has 0 rings (SSSR count). The summed E-state index contributed by atoms with van der Waals surface area (Å²) in [5, 5.41) is 9.16. The van der Waals surface area contributed by atoms with Crippen LogP contribution in [0.15, 0.2) is 4.99 Å². The zero-order valence-electron chi connectivity index (χ0n) is 6.60. The van der Waals surface area contributed by atoms with E-state index in [-0.39, 0.29) is 0 Å². The molecule has 0 aromatic heterocycles. The Kier molecular flexibility index (Phi) is 2.85. The molecule has 0 heterocycles. The average molecular weight is 129 g/mol. The van der Waals surface area contributed by atoms with Crippen molar-refractivity contribution in [3.8, 4) is 0 Å². The van der Waals surface area contributed by atoms with Crippen molar-refractivity contribution in [3.63, 3.8) is 0 Å². The van der Waals surface area contributed by atoms with Gasteiger partial charge in [-0.15, -0.1) is 0 Å². The van der Waals surface area contributed by atoms with Gasteiger partial charge in [0.25, 0.3) is 0 Å². The van der Waals surface area contributed by atoms with Gasteiger partial charge in [0.1, 0.15) is 0 Å². The fourth-order valence-corrected chi connectivity index (χ4v) is 0.352. The lowest BCUT2D eigenvalue weighted by atomic mass is 10.1. The number of rotatable bonds is 2. The van der Waals surface area contributed by atoms with Crippen LogP contribution in [-0.2, 0) is 0 Å². The van der Waals surface area contributed by atoms with E-state index in [0.717, 1.165) is 5.71 Å². The first-order chi connectivity index (χ1) is 3.92. The monoisotopic (exact) mass is 129 g/mol. The van der Waals surface area contributed by atoms with E-state index in [1.165, 1.54) is 0 Å². The van der Waals surface area contributed by atoms with Gasteiger partial charge in [-0.25, -0.2) is 0 Å². The standard InChI is InChI=1S/C7H15NO/c1-6(2)8-5-7(3,4)9/h9H,5H2,1-4H3. The summed E-state index contributed by atoms with van der Waals surface area (Å²) in [6.45, 7) is 7.84. The maximum Gasteiger partial charge on any atom is 0.0786 e. The summed E-state index contributed by atoms with van der Waals surface area (Å²) in [6, 6.07) is 0. The Morgan fingerprint density at radius 1 is 1.44 bits per heavy atom. The number of aliphatic imine (C=N–C) groups is 1. The predicted molar refractivity (Wildman–Crippen MR) is 39.9 cm³/mol. The van der Waals surface area contributed by atoms with Gasteiger partial charge in [-0.3, -0.25) is 4.99 Å². The van der Waals surface area contributed by atoms with Crippen molar-refractivity contribution in [2.75, 3.05) is 6.54 Å². The molecule has 0 aliphatic carbocycles. The minimum atomic E-state index is -0.655. The smallest absolute Gasteiger partial charge is 0.0786 e. The van der Waals surface area contributed by atoms with Crippen LogP contribution in [0.2, 0.25) is 0 Å². The molecule has 2 heteroatoms. The molecule has 0 unspecified atom stereocenters. The van der Waals surface area contributed by atoms with Gasteiger partial charge < -0.3 is 5.11 Å². The molecule has 2 nitrogen and oxygen atoms in total. The first kappa shape index (κ1) is 8.63. The van der Waals surface area contributed by atoms with Crippen molar-refractivity contribution >= 4 is 5.71 Å². The molecule has 0 aromatic rings. The van der Waals surface area contributed by atoms with Crippen molar-refractivity contribution in [1.82, 2.24) is 0 Å². The molecule has 1 N–H and O–H groups in total. The van der Waals surface area contributed by atoms with Gasteiger partial charge >= 0.3 is 0 Å². The van der Waals surface area contributed by atoms with E-state index >= 15 is 0 Å². The summed E-state index contributed by atoms with van der Waals surface area (Å²) in [5.74, 6) is 0. The molecule has 0 bridgehead atoms. The second kappa shape index (κ2) is 2.97. The number of aliphatic hydroxyl groups is 1. The minimum absolute atomic E-state index is 0.495. The van der Waals surface area contributed by atoms with E-state index in [9.17, 15) is 0 Å². The Morgan fingerprint density at radius 3 is 2.00 bits per heavy atom. The topological polar surface area (TPSA) is 32.6 Å². The van der Waals surface area contributed by atoms with Crippen molar-refractivity contribution in [3.05, 3.63) is 0 Å². The highest BCUT2D eigenvalue weighted by atomic mass is 16.3. The lowest BCUT2D eigenvalue weighted by Crippen LogP contribution is -2.23. The molecular formula is C7H15NO. The molecule has 0 fully saturated rings. The highest BCUT2D eigenvalue weighted by molar-refractivity contribution is 5.79. The Balaban J connectivity index is 3.64. The SMILES string of the molecule is CC(C)=NCC(C)(C)O. The molecule has 9 heavy (non-hydrogen) atoms. The van der Waals surface area contributed by atoms with E-state index in [0.29, 0.717) is 6.54 Å². The molecule has 0 saturated heterocycles. The van der Waals surface area contributed by atoms with Gasteiger partial charge in [0, 0.05) is 5.71 Å². The maximum atomic E-state index is 9.16. The van der Waals surface area contributed by atoms with E-state index in [4.69, 9.17) is 5.11 Å². The molecule has 54 valence electrons. The third kappa shape index (κ3) is 7.63. The largest absolute Gasteiger partial charge is 0.389 e. The minimum Gasteiger partial charge on any atom is -0.389 e. The van der Waals surface area contributed by atoms with E-state index < -0.39 is 5.60 Å². The molecule has 0 spiro atoms. The van der Waals surface area contributed by atoms with Crippen molar-refractivity contribution < 1.29 is 5.11 Å². The lowest BCUT2D eigenvalue weighted by Gasteiger charge is -2.13. The number of hydrogen-bond acceptors (Lipinski definition) is 2. The van der Waals surface area contributed by atoms with Crippen LogP contribution in [0.1, 0.15) is 27.7 Å². The van der Waals surface area contributed by atoms with Crippen LogP contribution in [-0.4, -0.2) is 23.0 Å². The fraction of sp³-hybridized carbons (Fsp3) is 0.857. The van der Waals surface area contributed by atoms with Crippen LogP contribution < -0.4 is 0 Å². The van der Waals surface area contributed by atoms with Crippen LogP contribution in [0.25, 0.3) is 0 Å². The highest BCUT2D eigenvalue weighted by Gasteiger charge is 2.09. The van der Waals surface area contributed by atoms with Crippen LogP contribution in [0.4, 0.5) is 0 Å². The summed E-state index contributed by atoms with van der Waals surface area (Å²) < 4.78 is 0. The first-order valence-electron chi connectivity index (χ1n) is 3.12. The summed E-state index contributed by atoms with van der Waals surface area (Å²) in [7, 11) is 0. The number of hydrogen-bond donors (Lipinski definition) is 1.